The minimum atomic E-state index is -0.660. The Kier molecular flexibility index (Phi) is 1.31. The van der Waals surface area contributed by atoms with Gasteiger partial charge >= 0.3 is 11.9 Å². The van der Waals surface area contributed by atoms with Crippen molar-refractivity contribution in [1.82, 2.24) is 0 Å². The highest BCUT2D eigenvalue weighted by molar-refractivity contribution is 5.99. The normalized spacial score (nSPS) is 51.8. The van der Waals surface area contributed by atoms with Crippen molar-refractivity contribution in [3.63, 3.8) is 0 Å². The standard InChI is InChI=1S/C11H12O4/c1-5-4-10(2)6-7(11(5,3)15-10)9(13)14-8(6)12/h4,6-7H,1-3H3/t6?,7?,10-,11+/m0/s1. The first kappa shape index (κ1) is 9.09. The molecule has 4 atom stereocenters. The van der Waals surface area contributed by atoms with Gasteiger partial charge in [-0.2, -0.15) is 0 Å². The summed E-state index contributed by atoms with van der Waals surface area (Å²) in [4.78, 5) is 23.2. The first-order chi connectivity index (χ1) is 6.88. The molecule has 3 aliphatic heterocycles. The zero-order valence-electron chi connectivity index (χ0n) is 8.87. The monoisotopic (exact) mass is 208 g/mol. The zero-order chi connectivity index (χ0) is 11.0. The quantitative estimate of drug-likeness (QED) is 0.336. The van der Waals surface area contributed by atoms with Crippen LogP contribution in [0.5, 0.6) is 0 Å². The Hall–Kier alpha value is -1.16. The highest BCUT2D eigenvalue weighted by Crippen LogP contribution is 2.59. The SMILES string of the molecule is CC1=C[C@]2(C)O[C@@]1(C)C1C(=O)OC(=O)C12. The predicted molar refractivity (Wildman–Crippen MR) is 49.7 cm³/mol. The van der Waals surface area contributed by atoms with Gasteiger partial charge in [0.05, 0.1) is 5.60 Å². The molecule has 80 valence electrons. The van der Waals surface area contributed by atoms with E-state index < -0.39 is 35.0 Å². The van der Waals surface area contributed by atoms with E-state index in [9.17, 15) is 9.59 Å². The van der Waals surface area contributed by atoms with E-state index in [1.54, 1.807) is 0 Å². The van der Waals surface area contributed by atoms with Crippen molar-refractivity contribution in [3.05, 3.63) is 11.6 Å². The second kappa shape index (κ2) is 2.16. The maximum atomic E-state index is 11.6. The first-order valence-electron chi connectivity index (χ1n) is 5.04. The van der Waals surface area contributed by atoms with Crippen molar-refractivity contribution >= 4 is 11.9 Å². The van der Waals surface area contributed by atoms with E-state index in [2.05, 4.69) is 0 Å². The third-order valence-electron chi connectivity index (χ3n) is 3.97. The van der Waals surface area contributed by atoms with Crippen LogP contribution in [-0.2, 0) is 19.1 Å². The Bertz CT molecular complexity index is 424. The number of carbonyl (C=O) groups is 2. The molecule has 0 N–H and O–H groups in total. The number of hydrogen-bond donors (Lipinski definition) is 0. The van der Waals surface area contributed by atoms with Crippen molar-refractivity contribution in [2.75, 3.05) is 0 Å². The fourth-order valence-corrected chi connectivity index (χ4v) is 3.21. The molecule has 0 aromatic rings. The summed E-state index contributed by atoms with van der Waals surface area (Å²) in [6.07, 6.45) is 1.94. The minimum absolute atomic E-state index is 0.441. The van der Waals surface area contributed by atoms with Crippen LogP contribution in [0.3, 0.4) is 0 Å². The third-order valence-corrected chi connectivity index (χ3v) is 3.97. The maximum absolute atomic E-state index is 11.6. The molecular weight excluding hydrogens is 196 g/mol. The number of cyclic esters (lactones) is 2. The van der Waals surface area contributed by atoms with Crippen LogP contribution in [0.4, 0.5) is 0 Å². The van der Waals surface area contributed by atoms with Crippen LogP contribution in [0.25, 0.3) is 0 Å². The summed E-state index contributed by atoms with van der Waals surface area (Å²) in [5.74, 6) is -1.80. The van der Waals surface area contributed by atoms with Gasteiger partial charge in [-0.3, -0.25) is 9.59 Å². The molecule has 0 amide bonds. The van der Waals surface area contributed by atoms with Crippen molar-refractivity contribution in [2.45, 2.75) is 32.0 Å². The minimum Gasteiger partial charge on any atom is -0.393 e. The zero-order valence-corrected chi connectivity index (χ0v) is 8.87. The molecule has 0 aromatic carbocycles. The van der Waals surface area contributed by atoms with Gasteiger partial charge in [0.15, 0.2) is 0 Å². The van der Waals surface area contributed by atoms with Gasteiger partial charge < -0.3 is 9.47 Å². The van der Waals surface area contributed by atoms with Crippen LogP contribution >= 0.6 is 0 Å². The number of fused-ring (bicyclic) bond motifs is 5. The largest absolute Gasteiger partial charge is 0.393 e. The molecule has 4 nitrogen and oxygen atoms in total. The van der Waals surface area contributed by atoms with Gasteiger partial charge in [-0.15, -0.1) is 0 Å². The van der Waals surface area contributed by atoms with Gasteiger partial charge in [-0.05, 0) is 26.3 Å². The van der Waals surface area contributed by atoms with Crippen LogP contribution in [0.15, 0.2) is 11.6 Å². The fraction of sp³-hybridized carbons (Fsp3) is 0.636. The van der Waals surface area contributed by atoms with Crippen LogP contribution in [0.1, 0.15) is 20.8 Å². The van der Waals surface area contributed by atoms with E-state index in [4.69, 9.17) is 9.47 Å². The van der Waals surface area contributed by atoms with Gasteiger partial charge in [-0.25, -0.2) is 0 Å². The molecule has 0 saturated carbocycles. The summed E-state index contributed by atoms with van der Waals surface area (Å²) in [7, 11) is 0. The summed E-state index contributed by atoms with van der Waals surface area (Å²) >= 11 is 0. The van der Waals surface area contributed by atoms with E-state index in [0.29, 0.717) is 0 Å². The molecule has 15 heavy (non-hydrogen) atoms. The Labute approximate surface area is 87.2 Å². The lowest BCUT2D eigenvalue weighted by Gasteiger charge is -2.26. The van der Waals surface area contributed by atoms with E-state index in [-0.39, 0.29) is 0 Å². The molecule has 2 fully saturated rings. The van der Waals surface area contributed by atoms with E-state index >= 15 is 0 Å². The van der Waals surface area contributed by atoms with Crippen molar-refractivity contribution in [3.8, 4) is 0 Å². The van der Waals surface area contributed by atoms with Gasteiger partial charge in [0.25, 0.3) is 0 Å². The van der Waals surface area contributed by atoms with Crippen molar-refractivity contribution in [2.24, 2.45) is 11.8 Å². The highest BCUT2D eigenvalue weighted by Gasteiger charge is 2.71. The molecule has 3 aliphatic rings. The van der Waals surface area contributed by atoms with Crippen molar-refractivity contribution < 1.29 is 19.1 Å². The molecule has 2 saturated heterocycles. The third kappa shape index (κ3) is 0.785. The molecule has 4 heteroatoms. The Morgan fingerprint density at radius 1 is 1.20 bits per heavy atom. The lowest BCUT2D eigenvalue weighted by molar-refractivity contribution is -0.160. The van der Waals surface area contributed by atoms with E-state index in [1.165, 1.54) is 0 Å². The topological polar surface area (TPSA) is 52.6 Å². The molecule has 2 bridgehead atoms. The summed E-state index contributed by atoms with van der Waals surface area (Å²) in [5.41, 5.74) is -0.298. The van der Waals surface area contributed by atoms with Crippen LogP contribution < -0.4 is 0 Å². The smallest absolute Gasteiger partial charge is 0.320 e. The molecule has 3 heterocycles. The Morgan fingerprint density at radius 2 is 1.80 bits per heavy atom. The summed E-state index contributed by atoms with van der Waals surface area (Å²) in [6.45, 7) is 5.62. The number of hydrogen-bond acceptors (Lipinski definition) is 4. The molecule has 3 rings (SSSR count). The number of rotatable bonds is 0. The molecule has 0 aliphatic carbocycles. The summed E-state index contributed by atoms with van der Waals surface area (Å²) in [5, 5.41) is 0. The lowest BCUT2D eigenvalue weighted by Crippen LogP contribution is -2.39. The first-order valence-corrected chi connectivity index (χ1v) is 5.04. The van der Waals surface area contributed by atoms with E-state index in [1.807, 2.05) is 26.8 Å². The predicted octanol–water partition coefficient (Wildman–Crippen LogP) is 0.810. The van der Waals surface area contributed by atoms with Crippen molar-refractivity contribution in [1.29, 1.82) is 0 Å². The van der Waals surface area contributed by atoms with Crippen LogP contribution in [-0.4, -0.2) is 23.1 Å². The fourth-order valence-electron chi connectivity index (χ4n) is 3.21. The summed E-state index contributed by atoms with van der Waals surface area (Å²) < 4.78 is 10.5. The second-order valence-corrected chi connectivity index (χ2v) is 4.92. The Morgan fingerprint density at radius 3 is 2.47 bits per heavy atom. The Balaban J connectivity index is 2.21. The molecule has 0 spiro atoms. The second-order valence-electron chi connectivity index (χ2n) is 4.92. The highest BCUT2D eigenvalue weighted by atomic mass is 16.6. The number of ether oxygens (including phenoxy) is 2. The average molecular weight is 208 g/mol. The van der Waals surface area contributed by atoms with E-state index in [0.717, 1.165) is 5.57 Å². The molecule has 0 radical (unpaired) electrons. The van der Waals surface area contributed by atoms with Gasteiger partial charge in [0.1, 0.15) is 17.4 Å². The maximum Gasteiger partial charge on any atom is 0.320 e. The van der Waals surface area contributed by atoms with Gasteiger partial charge in [0.2, 0.25) is 0 Å². The molecule has 0 aromatic heterocycles. The van der Waals surface area contributed by atoms with Crippen LogP contribution in [0, 0.1) is 11.8 Å². The number of esters is 2. The van der Waals surface area contributed by atoms with Gasteiger partial charge in [0, 0.05) is 0 Å². The molecular formula is C11H12O4. The number of carbonyl (C=O) groups excluding carboxylic acids is 2. The van der Waals surface area contributed by atoms with Crippen LogP contribution in [0.2, 0.25) is 0 Å². The van der Waals surface area contributed by atoms with Gasteiger partial charge in [-0.1, -0.05) is 6.08 Å². The molecule has 2 unspecified atom stereocenters. The summed E-state index contributed by atoms with van der Waals surface area (Å²) in [6, 6.07) is 0. The average Bonchev–Trinajstić information content (AvgIpc) is 2.58. The lowest BCUT2D eigenvalue weighted by atomic mass is 9.70.